The summed E-state index contributed by atoms with van der Waals surface area (Å²) in [5, 5.41) is 7.28. The van der Waals surface area contributed by atoms with Gasteiger partial charge in [0.25, 0.3) is 5.95 Å². The molecule has 0 bridgehead atoms. The first-order chi connectivity index (χ1) is 11.6. The average Bonchev–Trinajstić information content (AvgIpc) is 2.92. The van der Waals surface area contributed by atoms with Crippen molar-refractivity contribution in [3.05, 3.63) is 65.4 Å². The van der Waals surface area contributed by atoms with Gasteiger partial charge in [-0.05, 0) is 24.6 Å². The van der Waals surface area contributed by atoms with Crippen LogP contribution in [0.25, 0.3) is 5.95 Å². The molecule has 3 heterocycles. The minimum Gasteiger partial charge on any atom is -0.310 e. The molecule has 24 heavy (non-hydrogen) atoms. The fourth-order valence-electron chi connectivity index (χ4n) is 3.12. The van der Waals surface area contributed by atoms with E-state index in [1.54, 1.807) is 36.7 Å². The topological polar surface area (TPSA) is 72.7 Å². The Morgan fingerprint density at radius 2 is 1.96 bits per heavy atom. The molecule has 4 rings (SSSR count). The quantitative estimate of drug-likeness (QED) is 0.787. The number of amides is 1. The van der Waals surface area contributed by atoms with Gasteiger partial charge in [-0.3, -0.25) is 4.79 Å². The van der Waals surface area contributed by atoms with Crippen LogP contribution in [0, 0.1) is 12.7 Å². The Morgan fingerprint density at radius 3 is 2.71 bits per heavy atom. The molecule has 0 spiro atoms. The van der Waals surface area contributed by atoms with Gasteiger partial charge in [0.1, 0.15) is 11.6 Å². The van der Waals surface area contributed by atoms with Crippen molar-refractivity contribution in [1.82, 2.24) is 19.7 Å². The summed E-state index contributed by atoms with van der Waals surface area (Å²) < 4.78 is 15.8. The number of hydrogen-bond donors (Lipinski definition) is 1. The highest BCUT2D eigenvalue weighted by Crippen LogP contribution is 2.40. The molecular formula is C17H14FN5O. The monoisotopic (exact) mass is 323 g/mol. The zero-order valence-electron chi connectivity index (χ0n) is 12.9. The van der Waals surface area contributed by atoms with E-state index in [-0.39, 0.29) is 24.1 Å². The molecular weight excluding hydrogens is 309 g/mol. The molecule has 0 fully saturated rings. The van der Waals surface area contributed by atoms with Crippen molar-refractivity contribution in [1.29, 1.82) is 0 Å². The molecule has 1 aliphatic heterocycles. The SMILES string of the molecule is Cc1nn(-c2ncccn2)c2c1[C@H](c1ccccc1F)CC(=O)N2. The van der Waals surface area contributed by atoms with Crippen molar-refractivity contribution in [2.45, 2.75) is 19.3 Å². The van der Waals surface area contributed by atoms with E-state index in [9.17, 15) is 9.18 Å². The summed E-state index contributed by atoms with van der Waals surface area (Å²) in [6, 6.07) is 8.22. The van der Waals surface area contributed by atoms with E-state index < -0.39 is 0 Å². The zero-order chi connectivity index (χ0) is 16.7. The molecule has 1 N–H and O–H groups in total. The zero-order valence-corrected chi connectivity index (χ0v) is 12.9. The highest BCUT2D eigenvalue weighted by atomic mass is 19.1. The second-order valence-electron chi connectivity index (χ2n) is 5.63. The third kappa shape index (κ3) is 2.25. The fourth-order valence-corrected chi connectivity index (χ4v) is 3.12. The van der Waals surface area contributed by atoms with E-state index in [0.717, 1.165) is 5.56 Å². The number of halogens is 1. The van der Waals surface area contributed by atoms with E-state index in [2.05, 4.69) is 20.4 Å². The normalized spacial score (nSPS) is 16.6. The van der Waals surface area contributed by atoms with Gasteiger partial charge in [0, 0.05) is 30.3 Å². The van der Waals surface area contributed by atoms with E-state index in [4.69, 9.17) is 0 Å². The Balaban J connectivity index is 1.91. The van der Waals surface area contributed by atoms with Crippen LogP contribution in [-0.4, -0.2) is 25.7 Å². The van der Waals surface area contributed by atoms with Crippen LogP contribution in [0.15, 0.2) is 42.7 Å². The largest absolute Gasteiger partial charge is 0.310 e. The third-order valence-corrected chi connectivity index (χ3v) is 4.12. The molecule has 0 radical (unpaired) electrons. The van der Waals surface area contributed by atoms with Crippen molar-refractivity contribution in [2.75, 3.05) is 5.32 Å². The molecule has 120 valence electrons. The first-order valence-corrected chi connectivity index (χ1v) is 7.56. The second-order valence-corrected chi connectivity index (χ2v) is 5.63. The number of anilines is 1. The number of benzene rings is 1. The molecule has 7 heteroatoms. The summed E-state index contributed by atoms with van der Waals surface area (Å²) in [7, 11) is 0. The molecule has 1 atom stereocenters. The molecule has 0 saturated heterocycles. The van der Waals surface area contributed by atoms with Crippen molar-refractivity contribution < 1.29 is 9.18 Å². The second kappa shape index (κ2) is 5.52. The summed E-state index contributed by atoms with van der Waals surface area (Å²) in [6.45, 7) is 1.84. The van der Waals surface area contributed by atoms with Crippen molar-refractivity contribution in [3.63, 3.8) is 0 Å². The lowest BCUT2D eigenvalue weighted by Crippen LogP contribution is -2.25. The summed E-state index contributed by atoms with van der Waals surface area (Å²) in [6.07, 6.45) is 3.38. The standard InChI is InChI=1S/C17H14FN5O/c1-10-15-12(11-5-2-3-6-13(11)18)9-14(24)21-16(15)23(22-10)17-19-7-4-8-20-17/h2-8,12H,9H2,1H3,(H,21,24)/t12-/m0/s1. The van der Waals surface area contributed by atoms with Crippen LogP contribution in [-0.2, 0) is 4.79 Å². The van der Waals surface area contributed by atoms with Gasteiger partial charge in [0.05, 0.1) is 5.69 Å². The lowest BCUT2D eigenvalue weighted by molar-refractivity contribution is -0.116. The Morgan fingerprint density at radius 1 is 1.21 bits per heavy atom. The molecule has 2 aromatic heterocycles. The number of rotatable bonds is 2. The molecule has 6 nitrogen and oxygen atoms in total. The maximum Gasteiger partial charge on any atom is 0.252 e. The Kier molecular flexibility index (Phi) is 3.34. The van der Waals surface area contributed by atoms with Gasteiger partial charge in [-0.25, -0.2) is 14.4 Å². The van der Waals surface area contributed by atoms with Gasteiger partial charge in [-0.15, -0.1) is 0 Å². The molecule has 3 aromatic rings. The predicted molar refractivity (Wildman–Crippen MR) is 85.4 cm³/mol. The van der Waals surface area contributed by atoms with Gasteiger partial charge in [-0.1, -0.05) is 18.2 Å². The number of aryl methyl sites for hydroxylation is 1. The Hall–Kier alpha value is -3.09. The lowest BCUT2D eigenvalue weighted by Gasteiger charge is -2.24. The maximum absolute atomic E-state index is 14.3. The number of hydrogen-bond acceptors (Lipinski definition) is 4. The summed E-state index contributed by atoms with van der Waals surface area (Å²) in [5.41, 5.74) is 2.00. The summed E-state index contributed by atoms with van der Waals surface area (Å²) >= 11 is 0. The molecule has 1 aliphatic rings. The highest BCUT2D eigenvalue weighted by molar-refractivity contribution is 5.95. The molecule has 1 amide bonds. The lowest BCUT2D eigenvalue weighted by atomic mass is 9.85. The molecule has 1 aromatic carbocycles. The summed E-state index contributed by atoms with van der Waals surface area (Å²) in [5.74, 6) is -0.0361. The fraction of sp³-hybridized carbons (Fsp3) is 0.176. The van der Waals surface area contributed by atoms with Gasteiger partial charge in [0.2, 0.25) is 5.91 Å². The number of aromatic nitrogens is 4. The third-order valence-electron chi connectivity index (χ3n) is 4.12. The van der Waals surface area contributed by atoms with Gasteiger partial charge in [-0.2, -0.15) is 9.78 Å². The van der Waals surface area contributed by atoms with Crippen LogP contribution < -0.4 is 5.32 Å². The first kappa shape index (κ1) is 14.5. The van der Waals surface area contributed by atoms with Crippen molar-refractivity contribution >= 4 is 11.7 Å². The number of carbonyl (C=O) groups excluding carboxylic acids is 1. The van der Waals surface area contributed by atoms with E-state index in [0.29, 0.717) is 23.0 Å². The Bertz CT molecular complexity index is 922. The van der Waals surface area contributed by atoms with Gasteiger partial charge < -0.3 is 5.32 Å². The Labute approximate surface area is 137 Å². The van der Waals surface area contributed by atoms with E-state index >= 15 is 0 Å². The van der Waals surface area contributed by atoms with Crippen LogP contribution in [0.2, 0.25) is 0 Å². The number of nitrogens with one attached hydrogen (secondary N) is 1. The number of nitrogens with zero attached hydrogens (tertiary/aromatic N) is 4. The van der Waals surface area contributed by atoms with E-state index in [1.807, 2.05) is 6.92 Å². The average molecular weight is 323 g/mol. The highest BCUT2D eigenvalue weighted by Gasteiger charge is 2.34. The first-order valence-electron chi connectivity index (χ1n) is 7.56. The molecule has 0 aliphatic carbocycles. The minimum absolute atomic E-state index is 0.177. The van der Waals surface area contributed by atoms with Gasteiger partial charge >= 0.3 is 0 Å². The maximum atomic E-state index is 14.3. The summed E-state index contributed by atoms with van der Waals surface area (Å²) in [4.78, 5) is 20.5. The van der Waals surface area contributed by atoms with Crippen LogP contribution in [0.4, 0.5) is 10.2 Å². The van der Waals surface area contributed by atoms with Crippen molar-refractivity contribution in [2.24, 2.45) is 0 Å². The predicted octanol–water partition coefficient (Wildman–Crippen LogP) is 2.58. The molecule has 0 saturated carbocycles. The van der Waals surface area contributed by atoms with Crippen molar-refractivity contribution in [3.8, 4) is 5.95 Å². The number of carbonyl (C=O) groups is 1. The minimum atomic E-state index is -0.382. The van der Waals surface area contributed by atoms with Crippen LogP contribution in [0.5, 0.6) is 0 Å². The smallest absolute Gasteiger partial charge is 0.252 e. The number of fused-ring (bicyclic) bond motifs is 1. The molecule has 0 unspecified atom stereocenters. The van der Waals surface area contributed by atoms with Crippen LogP contribution in [0.1, 0.15) is 29.2 Å². The van der Waals surface area contributed by atoms with Gasteiger partial charge in [0.15, 0.2) is 0 Å². The van der Waals surface area contributed by atoms with Crippen LogP contribution >= 0.6 is 0 Å². The van der Waals surface area contributed by atoms with E-state index in [1.165, 1.54) is 10.7 Å². The van der Waals surface area contributed by atoms with Crippen LogP contribution in [0.3, 0.4) is 0 Å².